The van der Waals surface area contributed by atoms with Crippen LogP contribution < -0.4 is 4.31 Å². The van der Waals surface area contributed by atoms with Gasteiger partial charge in [-0.3, -0.25) is 4.79 Å². The van der Waals surface area contributed by atoms with Crippen molar-refractivity contribution in [1.29, 1.82) is 5.26 Å². The minimum Gasteiger partial charge on any atom is -0.343 e. The molecule has 0 fully saturated rings. The van der Waals surface area contributed by atoms with E-state index in [-0.39, 0.29) is 29.5 Å². The highest BCUT2D eigenvalue weighted by molar-refractivity contribution is 7.93. The summed E-state index contributed by atoms with van der Waals surface area (Å²) in [6.45, 7) is -0.126. The Kier molecular flexibility index (Phi) is 5.89. The van der Waals surface area contributed by atoms with Gasteiger partial charge in [-0.15, -0.1) is 11.3 Å². The molecule has 1 aromatic heterocycles. The van der Waals surface area contributed by atoms with E-state index in [4.69, 9.17) is 5.26 Å². The number of carbonyl (C=O) groups excluding carboxylic acids is 1. The second kappa shape index (κ2) is 7.90. The van der Waals surface area contributed by atoms with Gasteiger partial charge < -0.3 is 4.90 Å². The third kappa shape index (κ3) is 4.10. The highest BCUT2D eigenvalue weighted by atomic mass is 32.2. The fourth-order valence-corrected chi connectivity index (χ4v) is 4.16. The number of hydrogen-bond donors (Lipinski definition) is 0. The van der Waals surface area contributed by atoms with Crippen molar-refractivity contribution in [3.05, 3.63) is 41.9 Å². The molecule has 0 bridgehead atoms. The summed E-state index contributed by atoms with van der Waals surface area (Å²) in [7, 11) is -2.37. The minimum atomic E-state index is -3.90. The number of sulfonamides is 1. The van der Waals surface area contributed by atoms with Crippen molar-refractivity contribution in [3.8, 4) is 6.07 Å². The average molecular weight is 364 g/mol. The summed E-state index contributed by atoms with van der Waals surface area (Å²) in [5.74, 6) is -0.403. The molecule has 1 aromatic carbocycles. The van der Waals surface area contributed by atoms with Crippen LogP contribution in [0, 0.1) is 11.3 Å². The maximum Gasteiger partial charge on any atom is 0.266 e. The van der Waals surface area contributed by atoms with Crippen molar-refractivity contribution in [2.75, 3.05) is 24.4 Å². The van der Waals surface area contributed by atoms with Crippen molar-refractivity contribution in [2.24, 2.45) is 0 Å². The van der Waals surface area contributed by atoms with Gasteiger partial charge in [0, 0.05) is 25.2 Å². The Morgan fingerprint density at radius 2 is 2.04 bits per heavy atom. The largest absolute Gasteiger partial charge is 0.343 e. The van der Waals surface area contributed by atoms with E-state index in [0.717, 1.165) is 15.6 Å². The number of aromatic nitrogens is 1. The first-order valence-electron chi connectivity index (χ1n) is 7.05. The van der Waals surface area contributed by atoms with E-state index in [9.17, 15) is 13.2 Å². The summed E-state index contributed by atoms with van der Waals surface area (Å²) < 4.78 is 26.7. The molecule has 0 spiro atoms. The lowest BCUT2D eigenvalue weighted by Gasteiger charge is -2.24. The van der Waals surface area contributed by atoms with Crippen LogP contribution in [0.1, 0.15) is 6.42 Å². The first-order chi connectivity index (χ1) is 11.5. The van der Waals surface area contributed by atoms with Gasteiger partial charge in [-0.1, -0.05) is 18.2 Å². The highest BCUT2D eigenvalue weighted by Crippen LogP contribution is 2.25. The molecule has 24 heavy (non-hydrogen) atoms. The van der Waals surface area contributed by atoms with Crippen LogP contribution in [0.15, 0.2) is 46.8 Å². The number of anilines is 1. The van der Waals surface area contributed by atoms with Gasteiger partial charge in [0.1, 0.15) is 6.54 Å². The molecule has 0 aliphatic carbocycles. The molecule has 1 amide bonds. The van der Waals surface area contributed by atoms with E-state index in [1.165, 1.54) is 30.3 Å². The number of nitrogens with zero attached hydrogens (tertiary/aromatic N) is 4. The molecule has 126 valence electrons. The van der Waals surface area contributed by atoms with Gasteiger partial charge in [-0.2, -0.15) is 5.26 Å². The zero-order valence-electron chi connectivity index (χ0n) is 13.0. The Balaban J connectivity index is 2.30. The number of nitriles is 1. The van der Waals surface area contributed by atoms with Crippen molar-refractivity contribution in [2.45, 2.75) is 11.3 Å². The number of hydrogen-bond acceptors (Lipinski definition) is 6. The monoisotopic (exact) mass is 364 g/mol. The predicted octanol–water partition coefficient (Wildman–Crippen LogP) is 1.71. The lowest BCUT2D eigenvalue weighted by molar-refractivity contribution is -0.128. The zero-order valence-corrected chi connectivity index (χ0v) is 14.6. The van der Waals surface area contributed by atoms with E-state index in [1.807, 2.05) is 6.07 Å². The van der Waals surface area contributed by atoms with Crippen LogP contribution in [0.3, 0.4) is 0 Å². The van der Waals surface area contributed by atoms with E-state index in [0.29, 0.717) is 0 Å². The zero-order chi connectivity index (χ0) is 17.6. The molecule has 0 aliphatic rings. The first kappa shape index (κ1) is 17.9. The Bertz CT molecular complexity index is 814. The molecule has 0 atom stereocenters. The molecule has 0 saturated heterocycles. The molecule has 2 aromatic rings. The van der Waals surface area contributed by atoms with E-state index in [1.54, 1.807) is 23.6 Å². The minimum absolute atomic E-state index is 0.0904. The molecule has 2 rings (SSSR count). The van der Waals surface area contributed by atoms with Crippen LogP contribution in [0.25, 0.3) is 0 Å². The third-order valence-corrected chi connectivity index (χ3v) is 5.89. The lowest BCUT2D eigenvalue weighted by atomic mass is 10.4. The number of likely N-dealkylation sites (N-methyl/N-ethyl adjacent to an activating group) is 1. The highest BCUT2D eigenvalue weighted by Gasteiger charge is 2.29. The lowest BCUT2D eigenvalue weighted by Crippen LogP contribution is -2.41. The number of carbonyl (C=O) groups is 1. The summed E-state index contributed by atoms with van der Waals surface area (Å²) in [6.07, 6.45) is 1.67. The quantitative estimate of drug-likeness (QED) is 0.745. The van der Waals surface area contributed by atoms with E-state index in [2.05, 4.69) is 4.98 Å². The molecule has 9 heteroatoms. The van der Waals surface area contributed by atoms with Crippen molar-refractivity contribution in [3.63, 3.8) is 0 Å². The SMILES string of the molecule is CN(CCC#N)C(=O)CN(c1nccs1)S(=O)(=O)c1ccccc1. The summed E-state index contributed by atoms with van der Waals surface area (Å²) in [4.78, 5) is 17.8. The first-order valence-corrected chi connectivity index (χ1v) is 9.37. The third-order valence-electron chi connectivity index (χ3n) is 3.23. The Morgan fingerprint density at radius 3 is 2.62 bits per heavy atom. The van der Waals surface area contributed by atoms with Gasteiger partial charge in [0.05, 0.1) is 17.4 Å². The van der Waals surface area contributed by atoms with Crippen LogP contribution in [-0.2, 0) is 14.8 Å². The fourth-order valence-electron chi connectivity index (χ4n) is 1.90. The van der Waals surface area contributed by atoms with Gasteiger partial charge in [-0.25, -0.2) is 17.7 Å². The Hall–Kier alpha value is -2.44. The molecule has 0 saturated carbocycles. The molecule has 0 aliphatic heterocycles. The fraction of sp³-hybridized carbons (Fsp3) is 0.267. The summed E-state index contributed by atoms with van der Waals surface area (Å²) in [5, 5.41) is 10.5. The molecule has 7 nitrogen and oxygen atoms in total. The maximum absolute atomic E-state index is 12.9. The number of amides is 1. The number of benzene rings is 1. The second-order valence-electron chi connectivity index (χ2n) is 4.86. The molecule has 1 heterocycles. The van der Waals surface area contributed by atoms with Gasteiger partial charge in [-0.05, 0) is 12.1 Å². The summed E-state index contributed by atoms with van der Waals surface area (Å²) in [5.41, 5.74) is 0. The molecule has 0 unspecified atom stereocenters. The van der Waals surface area contributed by atoms with Crippen LogP contribution in [0.4, 0.5) is 5.13 Å². The van der Waals surface area contributed by atoms with E-state index < -0.39 is 15.9 Å². The van der Waals surface area contributed by atoms with Crippen molar-refractivity contribution >= 4 is 32.4 Å². The predicted molar refractivity (Wildman–Crippen MR) is 91.0 cm³/mol. The Labute approximate surface area is 144 Å². The number of thiazole rings is 1. The molecular formula is C15H16N4O3S2. The number of rotatable bonds is 7. The van der Waals surface area contributed by atoms with Crippen LogP contribution in [-0.4, -0.2) is 44.3 Å². The standard InChI is InChI=1S/C15H16N4O3S2/c1-18(10-5-8-16)14(20)12-19(15-17-9-11-23-15)24(21,22)13-6-3-2-4-7-13/h2-4,6-7,9,11H,5,10,12H2,1H3. The molecule has 0 N–H and O–H groups in total. The van der Waals surface area contributed by atoms with Crippen molar-refractivity contribution in [1.82, 2.24) is 9.88 Å². The van der Waals surface area contributed by atoms with E-state index >= 15 is 0 Å². The van der Waals surface area contributed by atoms with Gasteiger partial charge in [0.15, 0.2) is 5.13 Å². The molecule has 0 radical (unpaired) electrons. The summed E-state index contributed by atoms with van der Waals surface area (Å²) >= 11 is 1.14. The van der Waals surface area contributed by atoms with Gasteiger partial charge in [0.25, 0.3) is 10.0 Å². The van der Waals surface area contributed by atoms with Gasteiger partial charge >= 0.3 is 0 Å². The average Bonchev–Trinajstić information content (AvgIpc) is 3.12. The second-order valence-corrected chi connectivity index (χ2v) is 7.60. The molecular weight excluding hydrogens is 348 g/mol. The van der Waals surface area contributed by atoms with Crippen LogP contribution in [0.2, 0.25) is 0 Å². The Morgan fingerprint density at radius 1 is 1.33 bits per heavy atom. The normalized spacial score (nSPS) is 10.8. The smallest absolute Gasteiger partial charge is 0.266 e. The van der Waals surface area contributed by atoms with Gasteiger partial charge in [0.2, 0.25) is 5.91 Å². The topological polar surface area (TPSA) is 94.4 Å². The maximum atomic E-state index is 12.9. The van der Waals surface area contributed by atoms with Crippen LogP contribution in [0.5, 0.6) is 0 Å². The van der Waals surface area contributed by atoms with Crippen LogP contribution >= 0.6 is 11.3 Å². The van der Waals surface area contributed by atoms with Crippen molar-refractivity contribution < 1.29 is 13.2 Å². The summed E-state index contributed by atoms with van der Waals surface area (Å²) in [6, 6.07) is 9.85.